The molecular formula is C13H23N3OS. The van der Waals surface area contributed by atoms with Crippen molar-refractivity contribution >= 4 is 11.3 Å². The number of aromatic nitrogens is 1. The van der Waals surface area contributed by atoms with Crippen molar-refractivity contribution in [3.63, 3.8) is 0 Å². The van der Waals surface area contributed by atoms with Crippen molar-refractivity contribution in [2.45, 2.75) is 32.4 Å². The predicted molar refractivity (Wildman–Crippen MR) is 74.6 cm³/mol. The summed E-state index contributed by atoms with van der Waals surface area (Å²) < 4.78 is 5.63. The van der Waals surface area contributed by atoms with Crippen LogP contribution in [0.4, 0.5) is 0 Å². The molecule has 0 amide bonds. The van der Waals surface area contributed by atoms with E-state index in [0.717, 1.165) is 42.9 Å². The zero-order valence-corrected chi connectivity index (χ0v) is 12.1. The van der Waals surface area contributed by atoms with E-state index in [1.165, 1.54) is 12.8 Å². The van der Waals surface area contributed by atoms with Gasteiger partial charge in [-0.2, -0.15) is 0 Å². The molecule has 0 aliphatic heterocycles. The first-order valence-corrected chi connectivity index (χ1v) is 7.49. The van der Waals surface area contributed by atoms with Crippen molar-refractivity contribution in [2.24, 2.45) is 11.7 Å². The van der Waals surface area contributed by atoms with Crippen LogP contribution in [0.15, 0.2) is 5.38 Å². The summed E-state index contributed by atoms with van der Waals surface area (Å²) in [5.41, 5.74) is 6.91. The molecular weight excluding hydrogens is 246 g/mol. The number of nitrogens with zero attached hydrogens (tertiary/aromatic N) is 2. The largest absolute Gasteiger partial charge is 0.380 e. The highest BCUT2D eigenvalue weighted by molar-refractivity contribution is 7.09. The zero-order valence-electron chi connectivity index (χ0n) is 11.3. The smallest absolute Gasteiger partial charge is 0.109 e. The molecule has 2 rings (SSSR count). The molecule has 18 heavy (non-hydrogen) atoms. The third-order valence-electron chi connectivity index (χ3n) is 3.06. The van der Waals surface area contributed by atoms with Crippen LogP contribution >= 0.6 is 11.3 Å². The minimum Gasteiger partial charge on any atom is -0.380 e. The Morgan fingerprint density at radius 3 is 3.00 bits per heavy atom. The van der Waals surface area contributed by atoms with Crippen LogP contribution in [0, 0.1) is 5.92 Å². The van der Waals surface area contributed by atoms with Gasteiger partial charge >= 0.3 is 0 Å². The summed E-state index contributed by atoms with van der Waals surface area (Å²) in [5.74, 6) is 0.849. The minimum absolute atomic E-state index is 0.0379. The standard InChI is InChI=1S/C13H23N3OS/c1-10(14)13-15-12(9-18-13)7-16(2)5-6-17-8-11-3-4-11/h9-11H,3-8,14H2,1-2H3. The number of hydrogen-bond acceptors (Lipinski definition) is 5. The molecule has 0 aromatic carbocycles. The second-order valence-corrected chi connectivity index (χ2v) is 6.11. The van der Waals surface area contributed by atoms with Gasteiger partial charge in [0.05, 0.1) is 18.3 Å². The second-order valence-electron chi connectivity index (χ2n) is 5.22. The second kappa shape index (κ2) is 6.61. The minimum atomic E-state index is 0.0379. The molecule has 1 unspecified atom stereocenters. The van der Waals surface area contributed by atoms with E-state index in [9.17, 15) is 0 Å². The molecule has 5 heteroatoms. The van der Waals surface area contributed by atoms with Crippen molar-refractivity contribution in [1.29, 1.82) is 0 Å². The van der Waals surface area contributed by atoms with E-state index in [2.05, 4.69) is 22.3 Å². The lowest BCUT2D eigenvalue weighted by atomic mass is 10.4. The van der Waals surface area contributed by atoms with Crippen LogP contribution in [0.2, 0.25) is 0 Å². The van der Waals surface area contributed by atoms with Crippen LogP contribution < -0.4 is 5.73 Å². The third kappa shape index (κ3) is 4.65. The monoisotopic (exact) mass is 269 g/mol. The maximum absolute atomic E-state index is 5.80. The van der Waals surface area contributed by atoms with E-state index in [0.29, 0.717) is 0 Å². The number of ether oxygens (including phenoxy) is 1. The van der Waals surface area contributed by atoms with Gasteiger partial charge in [0.1, 0.15) is 5.01 Å². The highest BCUT2D eigenvalue weighted by atomic mass is 32.1. The Morgan fingerprint density at radius 2 is 2.39 bits per heavy atom. The van der Waals surface area contributed by atoms with E-state index in [4.69, 9.17) is 10.5 Å². The summed E-state index contributed by atoms with van der Waals surface area (Å²) in [6.45, 7) is 5.56. The summed E-state index contributed by atoms with van der Waals surface area (Å²) >= 11 is 1.65. The summed E-state index contributed by atoms with van der Waals surface area (Å²) in [6, 6.07) is 0.0379. The van der Waals surface area contributed by atoms with Crippen molar-refractivity contribution in [3.8, 4) is 0 Å². The molecule has 0 saturated heterocycles. The quantitative estimate of drug-likeness (QED) is 0.734. The van der Waals surface area contributed by atoms with Crippen LogP contribution in [-0.2, 0) is 11.3 Å². The molecule has 1 aliphatic carbocycles. The molecule has 1 saturated carbocycles. The van der Waals surface area contributed by atoms with Crippen molar-refractivity contribution in [3.05, 3.63) is 16.1 Å². The molecule has 4 nitrogen and oxygen atoms in total. The summed E-state index contributed by atoms with van der Waals surface area (Å²) in [7, 11) is 2.10. The third-order valence-corrected chi connectivity index (χ3v) is 4.15. The fraction of sp³-hybridized carbons (Fsp3) is 0.769. The lowest BCUT2D eigenvalue weighted by Gasteiger charge is -2.15. The molecule has 1 atom stereocenters. The lowest BCUT2D eigenvalue weighted by molar-refractivity contribution is 0.101. The Kier molecular flexibility index (Phi) is 5.12. The van der Waals surface area contributed by atoms with Crippen LogP contribution in [0.1, 0.15) is 36.5 Å². The molecule has 0 bridgehead atoms. The van der Waals surface area contributed by atoms with Gasteiger partial charge in [0.15, 0.2) is 0 Å². The number of thiazole rings is 1. The van der Waals surface area contributed by atoms with Gasteiger partial charge in [0.25, 0.3) is 0 Å². The van der Waals surface area contributed by atoms with Crippen molar-refractivity contribution in [2.75, 3.05) is 26.8 Å². The molecule has 1 aliphatic rings. The van der Waals surface area contributed by atoms with Crippen LogP contribution in [0.3, 0.4) is 0 Å². The lowest BCUT2D eigenvalue weighted by Crippen LogP contribution is -2.23. The first kappa shape index (κ1) is 13.9. The Morgan fingerprint density at radius 1 is 1.61 bits per heavy atom. The molecule has 1 fully saturated rings. The molecule has 1 heterocycles. The van der Waals surface area contributed by atoms with Gasteiger partial charge in [0.2, 0.25) is 0 Å². The van der Waals surface area contributed by atoms with E-state index in [1.807, 2.05) is 6.92 Å². The number of likely N-dealkylation sites (N-methyl/N-ethyl adjacent to an activating group) is 1. The van der Waals surface area contributed by atoms with Gasteiger partial charge < -0.3 is 10.5 Å². The number of hydrogen-bond donors (Lipinski definition) is 1. The van der Waals surface area contributed by atoms with E-state index in [-0.39, 0.29) is 6.04 Å². The fourth-order valence-corrected chi connectivity index (χ4v) is 2.48. The maximum atomic E-state index is 5.80. The molecule has 1 aromatic heterocycles. The first-order valence-electron chi connectivity index (χ1n) is 6.61. The fourth-order valence-electron chi connectivity index (χ4n) is 1.71. The number of nitrogens with two attached hydrogens (primary N) is 1. The van der Waals surface area contributed by atoms with Crippen molar-refractivity contribution in [1.82, 2.24) is 9.88 Å². The molecule has 2 N–H and O–H groups in total. The maximum Gasteiger partial charge on any atom is 0.109 e. The average Bonchev–Trinajstić information content (AvgIpc) is 3.03. The molecule has 0 spiro atoms. The van der Waals surface area contributed by atoms with Crippen molar-refractivity contribution < 1.29 is 4.74 Å². The summed E-state index contributed by atoms with van der Waals surface area (Å²) in [4.78, 5) is 6.77. The highest BCUT2D eigenvalue weighted by Gasteiger charge is 2.20. The average molecular weight is 269 g/mol. The van der Waals surface area contributed by atoms with Gasteiger partial charge in [-0.25, -0.2) is 4.98 Å². The Bertz CT molecular complexity index is 363. The van der Waals surface area contributed by atoms with Gasteiger partial charge in [-0.05, 0) is 32.7 Å². The first-order chi connectivity index (χ1) is 8.65. The summed E-state index contributed by atoms with van der Waals surface area (Å²) in [5, 5.41) is 3.11. The Labute approximate surface area is 113 Å². The predicted octanol–water partition coefficient (Wildman–Crippen LogP) is 2.02. The number of rotatable bonds is 8. The zero-order chi connectivity index (χ0) is 13.0. The summed E-state index contributed by atoms with van der Waals surface area (Å²) in [6.07, 6.45) is 2.71. The molecule has 1 aromatic rings. The van der Waals surface area contributed by atoms with E-state index < -0.39 is 0 Å². The van der Waals surface area contributed by atoms with Crippen LogP contribution in [-0.4, -0.2) is 36.7 Å². The van der Waals surface area contributed by atoms with Crippen LogP contribution in [0.5, 0.6) is 0 Å². The topological polar surface area (TPSA) is 51.4 Å². The Balaban J connectivity index is 1.63. The van der Waals surface area contributed by atoms with E-state index >= 15 is 0 Å². The SMILES string of the molecule is CC(N)c1nc(CN(C)CCOCC2CC2)cs1. The van der Waals surface area contributed by atoms with Crippen LogP contribution in [0.25, 0.3) is 0 Å². The van der Waals surface area contributed by atoms with Gasteiger partial charge in [-0.15, -0.1) is 11.3 Å². The van der Waals surface area contributed by atoms with Gasteiger partial charge in [-0.1, -0.05) is 0 Å². The Hall–Kier alpha value is -0.490. The van der Waals surface area contributed by atoms with E-state index in [1.54, 1.807) is 11.3 Å². The highest BCUT2D eigenvalue weighted by Crippen LogP contribution is 2.28. The van der Waals surface area contributed by atoms with Gasteiger partial charge in [-0.3, -0.25) is 4.90 Å². The van der Waals surface area contributed by atoms with Gasteiger partial charge in [0, 0.05) is 25.1 Å². The molecule has 0 radical (unpaired) electrons. The molecule has 102 valence electrons. The normalized spacial score (nSPS) is 17.3.